The van der Waals surface area contributed by atoms with Gasteiger partial charge in [-0.2, -0.15) is 0 Å². The van der Waals surface area contributed by atoms with Crippen molar-refractivity contribution in [3.8, 4) is 0 Å². The lowest BCUT2D eigenvalue weighted by atomic mass is 9.91. The van der Waals surface area contributed by atoms with E-state index in [2.05, 4.69) is 20.4 Å². The molecule has 1 fully saturated rings. The highest BCUT2D eigenvalue weighted by molar-refractivity contribution is 6.29. The smallest absolute Gasteiger partial charge is 0.259 e. The normalized spacial score (nSPS) is 16.8. The van der Waals surface area contributed by atoms with Crippen molar-refractivity contribution in [3.63, 3.8) is 0 Å². The van der Waals surface area contributed by atoms with Crippen LogP contribution in [0.5, 0.6) is 0 Å². The monoisotopic (exact) mass is 413 g/mol. The Morgan fingerprint density at radius 3 is 2.90 bits per heavy atom. The Labute approximate surface area is 172 Å². The number of rotatable bonds is 3. The zero-order valence-electron chi connectivity index (χ0n) is 16.1. The summed E-state index contributed by atoms with van der Waals surface area (Å²) in [5.41, 5.74) is 2.65. The Hall–Kier alpha value is -3.00. The largest absolute Gasteiger partial charge is 0.355 e. The van der Waals surface area contributed by atoms with Crippen LogP contribution in [0.4, 0.5) is 0 Å². The van der Waals surface area contributed by atoms with Crippen molar-refractivity contribution in [2.75, 3.05) is 20.1 Å². The van der Waals surface area contributed by atoms with E-state index in [1.54, 1.807) is 37.1 Å². The van der Waals surface area contributed by atoms with Gasteiger partial charge in [-0.25, -0.2) is 9.97 Å². The SMILES string of the molecule is CNC(=O)c1cc(C)nc2onc(C3CCCN(C(=O)c4ccc(Cl)nc4)C3)c12. The number of carbonyl (C=O) groups is 2. The number of piperidine rings is 1. The number of pyridine rings is 2. The molecule has 1 atom stereocenters. The number of amides is 2. The number of aromatic nitrogens is 3. The third kappa shape index (κ3) is 3.67. The summed E-state index contributed by atoms with van der Waals surface area (Å²) >= 11 is 5.82. The van der Waals surface area contributed by atoms with Gasteiger partial charge in [0.25, 0.3) is 17.5 Å². The highest BCUT2D eigenvalue weighted by Gasteiger charge is 2.31. The average molecular weight is 414 g/mol. The number of hydrogen-bond donors (Lipinski definition) is 1. The van der Waals surface area contributed by atoms with E-state index in [1.807, 2.05) is 0 Å². The highest BCUT2D eigenvalue weighted by Crippen LogP contribution is 2.33. The molecule has 0 aromatic carbocycles. The van der Waals surface area contributed by atoms with Gasteiger partial charge in [0, 0.05) is 37.9 Å². The molecule has 1 unspecified atom stereocenters. The number of carbonyl (C=O) groups excluding carboxylic acids is 2. The number of halogens is 1. The second kappa shape index (κ2) is 7.79. The van der Waals surface area contributed by atoms with E-state index >= 15 is 0 Å². The van der Waals surface area contributed by atoms with Crippen molar-refractivity contribution >= 4 is 34.5 Å². The van der Waals surface area contributed by atoms with Crippen molar-refractivity contribution in [3.05, 3.63) is 52.1 Å². The van der Waals surface area contributed by atoms with Crippen LogP contribution >= 0.6 is 11.6 Å². The third-order valence-electron chi connectivity index (χ3n) is 5.14. The van der Waals surface area contributed by atoms with Crippen LogP contribution in [0.2, 0.25) is 5.15 Å². The van der Waals surface area contributed by atoms with Gasteiger partial charge in [-0.3, -0.25) is 9.59 Å². The minimum Gasteiger partial charge on any atom is -0.355 e. The quantitative estimate of drug-likeness (QED) is 0.662. The zero-order chi connectivity index (χ0) is 20.5. The van der Waals surface area contributed by atoms with Crippen LogP contribution < -0.4 is 5.32 Å². The molecule has 0 aliphatic carbocycles. The predicted molar refractivity (Wildman–Crippen MR) is 107 cm³/mol. The molecule has 9 heteroatoms. The second-order valence-electron chi connectivity index (χ2n) is 7.10. The number of fused-ring (bicyclic) bond motifs is 1. The molecule has 0 radical (unpaired) electrons. The van der Waals surface area contributed by atoms with Gasteiger partial charge >= 0.3 is 0 Å². The van der Waals surface area contributed by atoms with Crippen LogP contribution in [-0.2, 0) is 0 Å². The fraction of sp³-hybridized carbons (Fsp3) is 0.350. The lowest BCUT2D eigenvalue weighted by molar-refractivity contribution is 0.0704. The molecule has 0 spiro atoms. The van der Waals surface area contributed by atoms with Gasteiger partial charge in [-0.05, 0) is 38.0 Å². The van der Waals surface area contributed by atoms with Crippen molar-refractivity contribution in [2.45, 2.75) is 25.7 Å². The summed E-state index contributed by atoms with van der Waals surface area (Å²) in [5, 5.41) is 7.84. The number of aryl methyl sites for hydroxylation is 1. The molecule has 150 valence electrons. The van der Waals surface area contributed by atoms with Gasteiger partial charge in [-0.15, -0.1) is 0 Å². The Kier molecular flexibility index (Phi) is 5.19. The Morgan fingerprint density at radius 2 is 2.17 bits per heavy atom. The van der Waals surface area contributed by atoms with Crippen LogP contribution in [0.15, 0.2) is 28.9 Å². The fourth-order valence-electron chi connectivity index (χ4n) is 3.76. The maximum Gasteiger partial charge on any atom is 0.259 e. The second-order valence-corrected chi connectivity index (χ2v) is 7.49. The van der Waals surface area contributed by atoms with Gasteiger partial charge in [0.15, 0.2) is 0 Å². The Bertz CT molecular complexity index is 1080. The van der Waals surface area contributed by atoms with Crippen LogP contribution in [-0.4, -0.2) is 52.0 Å². The molecule has 1 aliphatic heterocycles. The average Bonchev–Trinajstić information content (AvgIpc) is 3.16. The molecule has 3 aromatic rings. The lowest BCUT2D eigenvalue weighted by Crippen LogP contribution is -2.39. The third-order valence-corrected chi connectivity index (χ3v) is 5.37. The van der Waals surface area contributed by atoms with Gasteiger partial charge in [0.2, 0.25) is 0 Å². The first-order valence-corrected chi connectivity index (χ1v) is 9.75. The van der Waals surface area contributed by atoms with E-state index < -0.39 is 0 Å². The van der Waals surface area contributed by atoms with E-state index in [9.17, 15) is 9.59 Å². The maximum absolute atomic E-state index is 12.9. The van der Waals surface area contributed by atoms with E-state index in [0.29, 0.717) is 51.9 Å². The molecule has 0 bridgehead atoms. The van der Waals surface area contributed by atoms with Gasteiger partial charge in [0.05, 0.1) is 22.2 Å². The lowest BCUT2D eigenvalue weighted by Gasteiger charge is -2.32. The minimum atomic E-state index is -0.221. The van der Waals surface area contributed by atoms with Gasteiger partial charge < -0.3 is 14.7 Å². The topological polar surface area (TPSA) is 101 Å². The molecule has 1 N–H and O–H groups in total. The zero-order valence-corrected chi connectivity index (χ0v) is 16.9. The van der Waals surface area contributed by atoms with E-state index in [-0.39, 0.29) is 17.7 Å². The minimum absolute atomic E-state index is 0.0536. The summed E-state index contributed by atoms with van der Waals surface area (Å²) in [6.07, 6.45) is 3.14. The first-order valence-electron chi connectivity index (χ1n) is 9.37. The molecule has 4 heterocycles. The van der Waals surface area contributed by atoms with Crippen molar-refractivity contribution in [1.82, 2.24) is 25.3 Å². The van der Waals surface area contributed by atoms with E-state index in [4.69, 9.17) is 16.1 Å². The fourth-order valence-corrected chi connectivity index (χ4v) is 3.87. The van der Waals surface area contributed by atoms with Crippen LogP contribution in [0.25, 0.3) is 11.1 Å². The first-order chi connectivity index (χ1) is 14.0. The molecule has 0 saturated carbocycles. The summed E-state index contributed by atoms with van der Waals surface area (Å²) in [4.78, 5) is 35.4. The molecular formula is C20H20ClN5O3. The van der Waals surface area contributed by atoms with E-state index in [1.165, 1.54) is 6.20 Å². The van der Waals surface area contributed by atoms with Crippen molar-refractivity contribution in [2.24, 2.45) is 0 Å². The van der Waals surface area contributed by atoms with Gasteiger partial charge in [0.1, 0.15) is 5.15 Å². The Morgan fingerprint density at radius 1 is 1.34 bits per heavy atom. The predicted octanol–water partition coefficient (Wildman–Crippen LogP) is 2.96. The molecule has 4 rings (SSSR count). The summed E-state index contributed by atoms with van der Waals surface area (Å²) in [6.45, 7) is 2.92. The van der Waals surface area contributed by atoms with Crippen LogP contribution in [0.1, 0.15) is 50.9 Å². The number of nitrogens with one attached hydrogen (secondary N) is 1. The molecule has 3 aromatic heterocycles. The van der Waals surface area contributed by atoms with Crippen molar-refractivity contribution < 1.29 is 14.1 Å². The van der Waals surface area contributed by atoms with Gasteiger partial charge in [-0.1, -0.05) is 16.8 Å². The van der Waals surface area contributed by atoms with Crippen molar-refractivity contribution in [1.29, 1.82) is 0 Å². The molecule has 1 aliphatic rings. The van der Waals surface area contributed by atoms with E-state index in [0.717, 1.165) is 12.8 Å². The number of hydrogen-bond acceptors (Lipinski definition) is 6. The summed E-state index contributed by atoms with van der Waals surface area (Å²) < 4.78 is 5.44. The Balaban J connectivity index is 1.66. The standard InChI is InChI=1S/C20H20ClN5O3/c1-11-8-14(18(27)22-2)16-17(25-29-19(16)24-11)13-4-3-7-26(10-13)20(28)12-5-6-15(21)23-9-12/h5-6,8-9,13H,3-4,7,10H2,1-2H3,(H,22,27). The maximum atomic E-state index is 12.9. The highest BCUT2D eigenvalue weighted by atomic mass is 35.5. The number of likely N-dealkylation sites (tertiary alicyclic amines) is 1. The molecule has 1 saturated heterocycles. The summed E-state index contributed by atoms with van der Waals surface area (Å²) in [5.74, 6) is -0.379. The molecule has 2 amide bonds. The molecule has 29 heavy (non-hydrogen) atoms. The summed E-state index contributed by atoms with van der Waals surface area (Å²) in [6, 6.07) is 5.00. The number of nitrogens with zero attached hydrogens (tertiary/aromatic N) is 4. The summed E-state index contributed by atoms with van der Waals surface area (Å²) in [7, 11) is 1.58. The first kappa shape index (κ1) is 19.3. The molecular weight excluding hydrogens is 394 g/mol. The van der Waals surface area contributed by atoms with Crippen LogP contribution in [0.3, 0.4) is 0 Å². The molecule has 8 nitrogen and oxygen atoms in total. The van der Waals surface area contributed by atoms with Crippen LogP contribution in [0, 0.1) is 6.92 Å².